The normalized spacial score (nSPS) is 10.9. The van der Waals surface area contributed by atoms with Crippen molar-refractivity contribution in [1.29, 1.82) is 5.26 Å². The summed E-state index contributed by atoms with van der Waals surface area (Å²) in [5, 5.41) is 14.3. The maximum Gasteiger partial charge on any atom is 0.341 e. The predicted molar refractivity (Wildman–Crippen MR) is 119 cm³/mol. The topological polar surface area (TPSA) is 79.2 Å². The molecule has 0 unspecified atom stereocenters. The van der Waals surface area contributed by atoms with Gasteiger partial charge in [0, 0.05) is 10.9 Å². The lowest BCUT2D eigenvalue weighted by Crippen LogP contribution is -2.16. The summed E-state index contributed by atoms with van der Waals surface area (Å²) in [5.41, 5.74) is 3.60. The highest BCUT2D eigenvalue weighted by Gasteiger charge is 2.23. The molecule has 0 aliphatic rings. The van der Waals surface area contributed by atoms with Crippen LogP contribution < -0.4 is 5.32 Å². The van der Waals surface area contributed by atoms with Gasteiger partial charge in [0.2, 0.25) is 0 Å². The molecule has 150 valence electrons. The van der Waals surface area contributed by atoms with E-state index < -0.39 is 11.9 Å². The first-order chi connectivity index (χ1) is 14.5. The van der Waals surface area contributed by atoms with Crippen LogP contribution in [0.3, 0.4) is 0 Å². The molecule has 0 radical (unpaired) electrons. The second-order valence-corrected chi connectivity index (χ2v) is 7.35. The SMILES string of the molecule is CCOC(=O)c1c(-c2ccc(C)cc2)csc1NC(=O)/C(C#N)=C/c1ccccc1. The second kappa shape index (κ2) is 9.68. The van der Waals surface area contributed by atoms with Gasteiger partial charge in [0.15, 0.2) is 0 Å². The van der Waals surface area contributed by atoms with Crippen LogP contribution in [0.15, 0.2) is 65.6 Å². The van der Waals surface area contributed by atoms with Crippen LogP contribution in [-0.4, -0.2) is 18.5 Å². The fourth-order valence-corrected chi connectivity index (χ4v) is 3.79. The number of hydrogen-bond donors (Lipinski definition) is 1. The minimum Gasteiger partial charge on any atom is -0.462 e. The summed E-state index contributed by atoms with van der Waals surface area (Å²) in [5.74, 6) is -1.10. The number of aryl methyl sites for hydroxylation is 1. The van der Waals surface area contributed by atoms with Gasteiger partial charge in [0.25, 0.3) is 5.91 Å². The number of nitriles is 1. The van der Waals surface area contributed by atoms with E-state index in [-0.39, 0.29) is 17.7 Å². The standard InChI is InChI=1S/C24H20N2O3S/c1-3-29-24(28)21-20(18-11-9-16(2)10-12-18)15-30-23(21)26-22(27)19(14-25)13-17-7-5-4-6-8-17/h4-13,15H,3H2,1-2H3,(H,26,27)/b19-13+. The third-order valence-electron chi connectivity index (χ3n) is 4.34. The molecule has 0 fully saturated rings. The molecule has 0 spiro atoms. The number of thiophene rings is 1. The molecule has 0 saturated carbocycles. The Bertz CT molecular complexity index is 1120. The van der Waals surface area contributed by atoms with Crippen LogP contribution in [0.2, 0.25) is 0 Å². The summed E-state index contributed by atoms with van der Waals surface area (Å²) in [4.78, 5) is 25.4. The molecule has 0 aliphatic heterocycles. The van der Waals surface area contributed by atoms with Crippen LogP contribution in [0, 0.1) is 18.3 Å². The van der Waals surface area contributed by atoms with Crippen LogP contribution >= 0.6 is 11.3 Å². The molecular formula is C24H20N2O3S. The van der Waals surface area contributed by atoms with Gasteiger partial charge in [-0.3, -0.25) is 4.79 Å². The Morgan fingerprint density at radius 1 is 1.13 bits per heavy atom. The van der Waals surface area contributed by atoms with E-state index in [1.165, 1.54) is 17.4 Å². The van der Waals surface area contributed by atoms with Gasteiger partial charge in [-0.25, -0.2) is 4.79 Å². The molecule has 0 aliphatic carbocycles. The highest BCUT2D eigenvalue weighted by Crippen LogP contribution is 2.36. The molecule has 2 aromatic carbocycles. The average molecular weight is 417 g/mol. The monoisotopic (exact) mass is 416 g/mol. The molecule has 3 rings (SSSR count). The van der Waals surface area contributed by atoms with Crippen molar-refractivity contribution in [1.82, 2.24) is 0 Å². The zero-order valence-corrected chi connectivity index (χ0v) is 17.5. The molecule has 0 bridgehead atoms. The van der Waals surface area contributed by atoms with Crippen LogP contribution in [0.1, 0.15) is 28.4 Å². The van der Waals surface area contributed by atoms with Crippen molar-refractivity contribution in [2.24, 2.45) is 0 Å². The van der Waals surface area contributed by atoms with Crippen molar-refractivity contribution in [3.8, 4) is 17.2 Å². The third-order valence-corrected chi connectivity index (χ3v) is 5.23. The van der Waals surface area contributed by atoms with E-state index in [2.05, 4.69) is 5.32 Å². The Labute approximate surface area is 179 Å². The van der Waals surface area contributed by atoms with E-state index in [0.717, 1.165) is 16.7 Å². The number of amides is 1. The first-order valence-corrected chi connectivity index (χ1v) is 10.2. The van der Waals surface area contributed by atoms with Crippen LogP contribution in [-0.2, 0) is 9.53 Å². The van der Waals surface area contributed by atoms with Crippen molar-refractivity contribution in [3.63, 3.8) is 0 Å². The van der Waals surface area contributed by atoms with Crippen molar-refractivity contribution in [2.45, 2.75) is 13.8 Å². The van der Waals surface area contributed by atoms with Gasteiger partial charge >= 0.3 is 5.97 Å². The van der Waals surface area contributed by atoms with Crippen LogP contribution in [0.4, 0.5) is 5.00 Å². The van der Waals surface area contributed by atoms with Crippen LogP contribution in [0.5, 0.6) is 0 Å². The second-order valence-electron chi connectivity index (χ2n) is 6.47. The van der Waals surface area contributed by atoms with E-state index in [1.807, 2.05) is 55.5 Å². The lowest BCUT2D eigenvalue weighted by Gasteiger charge is -2.09. The highest BCUT2D eigenvalue weighted by molar-refractivity contribution is 7.15. The van der Waals surface area contributed by atoms with E-state index in [4.69, 9.17) is 4.74 Å². The number of rotatable bonds is 6. The van der Waals surface area contributed by atoms with Gasteiger partial charge in [-0.15, -0.1) is 11.3 Å². The van der Waals surface area contributed by atoms with Crippen LogP contribution in [0.25, 0.3) is 17.2 Å². The van der Waals surface area contributed by atoms with Gasteiger partial charge in [-0.05, 0) is 31.1 Å². The quantitative estimate of drug-likeness (QED) is 0.329. The molecule has 6 heteroatoms. The van der Waals surface area contributed by atoms with E-state index in [1.54, 1.807) is 24.4 Å². The molecule has 5 nitrogen and oxygen atoms in total. The lowest BCUT2D eigenvalue weighted by molar-refractivity contribution is -0.112. The molecule has 1 N–H and O–H groups in total. The third kappa shape index (κ3) is 4.83. The van der Waals surface area contributed by atoms with Crippen molar-refractivity contribution in [3.05, 3.63) is 82.2 Å². The van der Waals surface area contributed by atoms with Gasteiger partial charge in [0.05, 0.1) is 6.61 Å². The summed E-state index contributed by atoms with van der Waals surface area (Å²) in [6.45, 7) is 3.93. The number of benzene rings is 2. The Morgan fingerprint density at radius 2 is 1.83 bits per heavy atom. The summed E-state index contributed by atoms with van der Waals surface area (Å²) in [7, 11) is 0. The first-order valence-electron chi connectivity index (χ1n) is 9.37. The Hall–Kier alpha value is -3.69. The molecule has 1 aromatic heterocycles. The zero-order valence-electron chi connectivity index (χ0n) is 16.6. The smallest absolute Gasteiger partial charge is 0.341 e. The minimum atomic E-state index is -0.579. The lowest BCUT2D eigenvalue weighted by atomic mass is 10.0. The number of carbonyl (C=O) groups excluding carboxylic acids is 2. The van der Waals surface area contributed by atoms with Gasteiger partial charge in [-0.2, -0.15) is 5.26 Å². The van der Waals surface area contributed by atoms with Crippen molar-refractivity contribution >= 4 is 34.3 Å². The number of carbonyl (C=O) groups is 2. The number of anilines is 1. The van der Waals surface area contributed by atoms with Crippen molar-refractivity contribution < 1.29 is 14.3 Å². The number of esters is 1. The minimum absolute atomic E-state index is 0.0544. The summed E-state index contributed by atoms with van der Waals surface area (Å²) < 4.78 is 5.21. The summed E-state index contributed by atoms with van der Waals surface area (Å²) >= 11 is 1.22. The number of nitrogens with zero attached hydrogens (tertiary/aromatic N) is 1. The van der Waals surface area contributed by atoms with E-state index >= 15 is 0 Å². The maximum absolute atomic E-state index is 12.7. The number of ether oxygens (including phenoxy) is 1. The van der Waals surface area contributed by atoms with E-state index in [9.17, 15) is 14.9 Å². The predicted octanol–water partition coefficient (Wildman–Crippen LogP) is 5.45. The Balaban J connectivity index is 1.96. The number of nitrogens with one attached hydrogen (secondary N) is 1. The van der Waals surface area contributed by atoms with Gasteiger partial charge in [-0.1, -0.05) is 60.2 Å². The van der Waals surface area contributed by atoms with Gasteiger partial charge < -0.3 is 10.1 Å². The molecule has 1 amide bonds. The fraction of sp³-hybridized carbons (Fsp3) is 0.125. The summed E-state index contributed by atoms with van der Waals surface area (Å²) in [6.07, 6.45) is 1.51. The first kappa shape index (κ1) is 21.0. The van der Waals surface area contributed by atoms with Gasteiger partial charge in [0.1, 0.15) is 22.2 Å². The Morgan fingerprint density at radius 3 is 2.47 bits per heavy atom. The molecule has 1 heterocycles. The molecular weight excluding hydrogens is 396 g/mol. The van der Waals surface area contributed by atoms with E-state index in [0.29, 0.717) is 10.6 Å². The average Bonchev–Trinajstić information content (AvgIpc) is 3.17. The van der Waals surface area contributed by atoms with Crippen molar-refractivity contribution in [2.75, 3.05) is 11.9 Å². The molecule has 0 saturated heterocycles. The fourth-order valence-electron chi connectivity index (χ4n) is 2.84. The number of hydrogen-bond acceptors (Lipinski definition) is 5. The zero-order chi connectivity index (χ0) is 21.5. The Kier molecular flexibility index (Phi) is 6.79. The summed E-state index contributed by atoms with van der Waals surface area (Å²) in [6, 6.07) is 18.8. The molecule has 3 aromatic rings. The maximum atomic E-state index is 12.7. The molecule has 30 heavy (non-hydrogen) atoms. The largest absolute Gasteiger partial charge is 0.462 e. The highest BCUT2D eigenvalue weighted by atomic mass is 32.1. The molecule has 0 atom stereocenters.